The number of amides is 2. The number of halogens is 2. The van der Waals surface area contributed by atoms with Crippen LogP contribution in [0.3, 0.4) is 0 Å². The standard InChI is InChI=1S/C24H24F2N2O5/c1-14(10-21(29)28-11-20(22(30)31)24(25,26)13-28)27-23(32)33-12-19-17-8-4-2-6-15(17)16-7-3-5-9-18(16)19/h2-9,14,19-20H,10-13H2,1H3,(H,27,32)(H,30,31)/t14-,20?/m1/s1. The van der Waals surface area contributed by atoms with Crippen molar-refractivity contribution in [3.05, 3.63) is 59.7 Å². The Labute approximate surface area is 189 Å². The largest absolute Gasteiger partial charge is 0.481 e. The molecule has 4 rings (SSSR count). The highest BCUT2D eigenvalue weighted by molar-refractivity contribution is 5.81. The zero-order valence-corrected chi connectivity index (χ0v) is 18.0. The smallest absolute Gasteiger partial charge is 0.407 e. The van der Waals surface area contributed by atoms with Crippen molar-refractivity contribution in [3.63, 3.8) is 0 Å². The van der Waals surface area contributed by atoms with Crippen LogP contribution in [0.25, 0.3) is 11.1 Å². The number of carbonyl (C=O) groups is 3. The summed E-state index contributed by atoms with van der Waals surface area (Å²) in [7, 11) is 0. The van der Waals surface area contributed by atoms with Gasteiger partial charge in [-0.2, -0.15) is 0 Å². The van der Waals surface area contributed by atoms with E-state index in [1.165, 1.54) is 0 Å². The number of carboxylic acid groups (broad SMARTS) is 1. The number of carboxylic acids is 1. The van der Waals surface area contributed by atoms with Crippen LogP contribution in [-0.2, 0) is 14.3 Å². The number of alkyl carbamates (subject to hydrolysis) is 1. The second kappa shape index (κ2) is 8.80. The van der Waals surface area contributed by atoms with Gasteiger partial charge in [-0.05, 0) is 29.2 Å². The van der Waals surface area contributed by atoms with E-state index in [-0.39, 0.29) is 18.9 Å². The van der Waals surface area contributed by atoms with Gasteiger partial charge < -0.3 is 20.1 Å². The third kappa shape index (κ3) is 4.53. The van der Waals surface area contributed by atoms with E-state index < -0.39 is 48.9 Å². The van der Waals surface area contributed by atoms with Gasteiger partial charge in [-0.25, -0.2) is 13.6 Å². The molecule has 1 aliphatic carbocycles. The van der Waals surface area contributed by atoms with E-state index in [0.717, 1.165) is 27.2 Å². The van der Waals surface area contributed by atoms with Gasteiger partial charge in [-0.15, -0.1) is 0 Å². The maximum atomic E-state index is 13.8. The molecule has 1 unspecified atom stereocenters. The first kappa shape index (κ1) is 22.7. The van der Waals surface area contributed by atoms with Crippen LogP contribution >= 0.6 is 0 Å². The molecule has 2 N–H and O–H groups in total. The zero-order valence-electron chi connectivity index (χ0n) is 18.0. The summed E-state index contributed by atoms with van der Waals surface area (Å²) in [6.07, 6.45) is -0.959. The van der Waals surface area contributed by atoms with Crippen molar-refractivity contribution in [2.45, 2.75) is 31.2 Å². The number of hydrogen-bond donors (Lipinski definition) is 2. The quantitative estimate of drug-likeness (QED) is 0.691. The minimum absolute atomic E-state index is 0.110. The molecule has 0 aromatic heterocycles. The topological polar surface area (TPSA) is 95.9 Å². The SMILES string of the molecule is C[C@H](CC(=O)N1CC(C(=O)O)C(F)(F)C1)NC(=O)OCC1c2ccccc2-c2ccccc21. The molecular weight excluding hydrogens is 434 g/mol. The fourth-order valence-electron chi connectivity index (χ4n) is 4.52. The fourth-order valence-corrected chi connectivity index (χ4v) is 4.52. The van der Waals surface area contributed by atoms with E-state index in [1.807, 2.05) is 48.5 Å². The third-order valence-electron chi connectivity index (χ3n) is 6.15. The number of aliphatic carboxylic acids is 1. The number of hydrogen-bond acceptors (Lipinski definition) is 4. The number of rotatable bonds is 6. The summed E-state index contributed by atoms with van der Waals surface area (Å²) < 4.78 is 33.1. The maximum Gasteiger partial charge on any atom is 0.407 e. The summed E-state index contributed by atoms with van der Waals surface area (Å²) >= 11 is 0. The van der Waals surface area contributed by atoms with Crippen molar-refractivity contribution >= 4 is 18.0 Å². The minimum Gasteiger partial charge on any atom is -0.481 e. The van der Waals surface area contributed by atoms with Gasteiger partial charge in [0.15, 0.2) is 0 Å². The number of carbonyl (C=O) groups excluding carboxylic acids is 2. The van der Waals surface area contributed by atoms with Gasteiger partial charge in [0.25, 0.3) is 5.92 Å². The molecular formula is C24H24F2N2O5. The number of benzene rings is 2. The van der Waals surface area contributed by atoms with Crippen LogP contribution in [0.1, 0.15) is 30.4 Å². The minimum atomic E-state index is -3.48. The van der Waals surface area contributed by atoms with Crippen molar-refractivity contribution in [2.24, 2.45) is 5.92 Å². The lowest BCUT2D eigenvalue weighted by Crippen LogP contribution is -2.39. The van der Waals surface area contributed by atoms with Crippen LogP contribution in [0.4, 0.5) is 13.6 Å². The van der Waals surface area contributed by atoms with Gasteiger partial charge in [0.2, 0.25) is 5.91 Å². The van der Waals surface area contributed by atoms with Crippen LogP contribution in [0.15, 0.2) is 48.5 Å². The molecule has 33 heavy (non-hydrogen) atoms. The number of alkyl halides is 2. The molecule has 174 valence electrons. The average Bonchev–Trinajstić information content (AvgIpc) is 3.26. The van der Waals surface area contributed by atoms with E-state index in [0.29, 0.717) is 0 Å². The van der Waals surface area contributed by atoms with Crippen molar-refractivity contribution in [3.8, 4) is 11.1 Å². The molecule has 0 saturated carbocycles. The molecule has 2 amide bonds. The Morgan fingerprint density at radius 3 is 2.24 bits per heavy atom. The first-order chi connectivity index (χ1) is 15.7. The molecule has 9 heteroatoms. The third-order valence-corrected chi connectivity index (χ3v) is 6.15. The van der Waals surface area contributed by atoms with Crippen molar-refractivity contribution < 1.29 is 33.0 Å². The number of ether oxygens (including phenoxy) is 1. The zero-order chi connectivity index (χ0) is 23.8. The lowest BCUT2D eigenvalue weighted by Gasteiger charge is -2.20. The highest BCUT2D eigenvalue weighted by atomic mass is 19.3. The van der Waals surface area contributed by atoms with Crippen molar-refractivity contribution in [1.82, 2.24) is 10.2 Å². The van der Waals surface area contributed by atoms with Gasteiger partial charge in [-0.3, -0.25) is 9.59 Å². The van der Waals surface area contributed by atoms with Crippen LogP contribution < -0.4 is 5.32 Å². The predicted molar refractivity (Wildman–Crippen MR) is 115 cm³/mol. The molecule has 2 aromatic carbocycles. The van der Waals surface area contributed by atoms with Crippen LogP contribution in [0.5, 0.6) is 0 Å². The van der Waals surface area contributed by atoms with Gasteiger partial charge in [0.05, 0.1) is 6.54 Å². The second-order valence-electron chi connectivity index (χ2n) is 8.50. The lowest BCUT2D eigenvalue weighted by molar-refractivity contribution is -0.151. The molecule has 7 nitrogen and oxygen atoms in total. The molecule has 1 fully saturated rings. The van der Waals surface area contributed by atoms with Crippen LogP contribution in [0.2, 0.25) is 0 Å². The lowest BCUT2D eigenvalue weighted by atomic mass is 9.98. The molecule has 0 spiro atoms. The van der Waals surface area contributed by atoms with Crippen molar-refractivity contribution in [2.75, 3.05) is 19.7 Å². The van der Waals surface area contributed by atoms with E-state index in [1.54, 1.807) is 6.92 Å². The summed E-state index contributed by atoms with van der Waals surface area (Å²) in [5.41, 5.74) is 4.33. The Balaban J connectivity index is 1.31. The number of likely N-dealkylation sites (tertiary alicyclic amines) is 1. The molecule has 2 aliphatic rings. The van der Waals surface area contributed by atoms with Crippen LogP contribution in [0, 0.1) is 5.92 Å². The molecule has 2 atom stereocenters. The van der Waals surface area contributed by atoms with Crippen molar-refractivity contribution in [1.29, 1.82) is 0 Å². The Morgan fingerprint density at radius 2 is 1.70 bits per heavy atom. The molecule has 0 radical (unpaired) electrons. The second-order valence-corrected chi connectivity index (χ2v) is 8.50. The number of fused-ring (bicyclic) bond motifs is 3. The molecule has 0 bridgehead atoms. The summed E-state index contributed by atoms with van der Waals surface area (Å²) in [6.45, 7) is 0.167. The fraction of sp³-hybridized carbons (Fsp3) is 0.375. The highest BCUT2D eigenvalue weighted by Crippen LogP contribution is 2.44. The molecule has 1 aliphatic heterocycles. The first-order valence-electron chi connectivity index (χ1n) is 10.7. The summed E-state index contributed by atoms with van der Waals surface area (Å²) in [4.78, 5) is 36.5. The van der Waals surface area contributed by atoms with E-state index in [9.17, 15) is 23.2 Å². The monoisotopic (exact) mass is 458 g/mol. The first-order valence-corrected chi connectivity index (χ1v) is 10.7. The molecule has 2 aromatic rings. The predicted octanol–water partition coefficient (Wildman–Crippen LogP) is 3.48. The van der Waals surface area contributed by atoms with Crippen LogP contribution in [-0.4, -0.2) is 59.6 Å². The maximum absolute atomic E-state index is 13.8. The van der Waals surface area contributed by atoms with Gasteiger partial charge >= 0.3 is 12.1 Å². The Hall–Kier alpha value is -3.49. The van der Waals surface area contributed by atoms with E-state index >= 15 is 0 Å². The molecule has 1 heterocycles. The summed E-state index contributed by atoms with van der Waals surface area (Å²) in [5.74, 6) is -7.80. The van der Waals surface area contributed by atoms with E-state index in [2.05, 4.69) is 5.32 Å². The van der Waals surface area contributed by atoms with E-state index in [4.69, 9.17) is 9.84 Å². The summed E-state index contributed by atoms with van der Waals surface area (Å²) in [6, 6.07) is 15.2. The number of nitrogens with one attached hydrogen (secondary N) is 1. The van der Waals surface area contributed by atoms with Gasteiger partial charge in [0, 0.05) is 24.9 Å². The Kier molecular flexibility index (Phi) is 6.05. The Bertz CT molecular complexity index is 1040. The summed E-state index contributed by atoms with van der Waals surface area (Å²) in [5, 5.41) is 11.5. The van der Waals surface area contributed by atoms with Gasteiger partial charge in [-0.1, -0.05) is 48.5 Å². The number of nitrogens with zero attached hydrogens (tertiary/aromatic N) is 1. The normalized spacial score (nSPS) is 19.5. The van der Waals surface area contributed by atoms with Gasteiger partial charge in [0.1, 0.15) is 12.5 Å². The average molecular weight is 458 g/mol. The highest BCUT2D eigenvalue weighted by Gasteiger charge is 2.53. The Morgan fingerprint density at radius 1 is 1.12 bits per heavy atom. The molecule has 1 saturated heterocycles.